The van der Waals surface area contributed by atoms with E-state index < -0.39 is 11.8 Å². The number of para-hydroxylation sites is 1. The summed E-state index contributed by atoms with van der Waals surface area (Å²) in [6.07, 6.45) is -0.0519. The molecule has 0 radical (unpaired) electrons. The molecule has 0 aliphatic carbocycles. The zero-order chi connectivity index (χ0) is 17.5. The maximum absolute atomic E-state index is 12.3. The molecule has 0 saturated heterocycles. The predicted octanol–water partition coefficient (Wildman–Crippen LogP) is 4.00. The molecule has 1 unspecified atom stereocenters. The van der Waals surface area contributed by atoms with Crippen molar-refractivity contribution in [2.75, 3.05) is 5.32 Å². The molecule has 7 heteroatoms. The number of rotatable bonds is 6. The van der Waals surface area contributed by atoms with Gasteiger partial charge in [-0.3, -0.25) is 14.8 Å². The first-order valence-electron chi connectivity index (χ1n) is 7.22. The first-order valence-corrected chi connectivity index (χ1v) is 7.98. The van der Waals surface area contributed by atoms with E-state index in [0.29, 0.717) is 21.3 Å². The van der Waals surface area contributed by atoms with Gasteiger partial charge in [0.05, 0.1) is 0 Å². The van der Waals surface area contributed by atoms with Crippen molar-refractivity contribution in [1.82, 2.24) is 5.48 Å². The maximum Gasteiger partial charge on any atom is 0.243 e. The van der Waals surface area contributed by atoms with Gasteiger partial charge < -0.3 is 5.32 Å². The van der Waals surface area contributed by atoms with E-state index in [1.54, 1.807) is 35.8 Å². The number of anilines is 1. The molecule has 0 aromatic heterocycles. The van der Waals surface area contributed by atoms with Crippen LogP contribution in [0.4, 0.5) is 5.69 Å². The summed E-state index contributed by atoms with van der Waals surface area (Å²) >= 11 is 12.1. The van der Waals surface area contributed by atoms with Gasteiger partial charge in [-0.05, 0) is 29.8 Å². The topological polar surface area (TPSA) is 78.4 Å². The molecule has 0 spiro atoms. The van der Waals surface area contributed by atoms with Gasteiger partial charge in [0.25, 0.3) is 0 Å². The van der Waals surface area contributed by atoms with Gasteiger partial charge in [-0.25, -0.2) is 5.48 Å². The number of hydrogen-bond acceptors (Lipinski definition) is 3. The van der Waals surface area contributed by atoms with Gasteiger partial charge in [0, 0.05) is 34.5 Å². The van der Waals surface area contributed by atoms with Crippen molar-refractivity contribution in [2.45, 2.75) is 18.8 Å². The second kappa shape index (κ2) is 8.68. The van der Waals surface area contributed by atoms with Gasteiger partial charge in [-0.1, -0.05) is 47.5 Å². The van der Waals surface area contributed by atoms with Crippen molar-refractivity contribution < 1.29 is 14.8 Å². The Morgan fingerprint density at radius 2 is 1.67 bits per heavy atom. The third kappa shape index (κ3) is 5.23. The molecule has 2 aromatic rings. The molecule has 5 nitrogen and oxygen atoms in total. The Labute approximate surface area is 149 Å². The summed E-state index contributed by atoms with van der Waals surface area (Å²) in [5, 5.41) is 12.3. The second-order valence-electron chi connectivity index (χ2n) is 5.22. The third-order valence-corrected chi connectivity index (χ3v) is 4.01. The number of benzene rings is 2. The van der Waals surface area contributed by atoms with Crippen LogP contribution in [0.3, 0.4) is 0 Å². The molecular formula is C17H16Cl2N2O3. The zero-order valence-corrected chi connectivity index (χ0v) is 14.1. The van der Waals surface area contributed by atoms with Crippen molar-refractivity contribution in [3.8, 4) is 0 Å². The lowest BCUT2D eigenvalue weighted by atomic mass is 9.91. The lowest BCUT2D eigenvalue weighted by Gasteiger charge is -2.18. The lowest BCUT2D eigenvalue weighted by Crippen LogP contribution is -2.24. The number of hydrogen-bond donors (Lipinski definition) is 3. The van der Waals surface area contributed by atoms with Gasteiger partial charge in [0.1, 0.15) is 0 Å². The molecule has 2 rings (SSSR count). The Hall–Kier alpha value is -2.08. The molecule has 0 aliphatic heterocycles. The summed E-state index contributed by atoms with van der Waals surface area (Å²) in [7, 11) is 0. The fourth-order valence-electron chi connectivity index (χ4n) is 2.35. The Bertz CT molecular complexity index is 723. The van der Waals surface area contributed by atoms with E-state index in [1.807, 2.05) is 18.2 Å². The van der Waals surface area contributed by atoms with Crippen LogP contribution in [0.15, 0.2) is 48.5 Å². The summed E-state index contributed by atoms with van der Waals surface area (Å²) in [5.74, 6) is -1.35. The minimum Gasteiger partial charge on any atom is -0.326 e. The highest BCUT2D eigenvalue weighted by Gasteiger charge is 2.22. The Kier molecular flexibility index (Phi) is 6.61. The van der Waals surface area contributed by atoms with Gasteiger partial charge in [-0.2, -0.15) is 0 Å². The average Bonchev–Trinajstić information content (AvgIpc) is 2.55. The Morgan fingerprint density at radius 3 is 2.29 bits per heavy atom. The average molecular weight is 367 g/mol. The van der Waals surface area contributed by atoms with E-state index in [9.17, 15) is 9.59 Å². The van der Waals surface area contributed by atoms with Crippen LogP contribution in [0.1, 0.15) is 24.3 Å². The van der Waals surface area contributed by atoms with E-state index in [1.165, 1.54) is 0 Å². The highest BCUT2D eigenvalue weighted by Crippen LogP contribution is 2.32. The van der Waals surface area contributed by atoms with Gasteiger partial charge in [0.2, 0.25) is 11.8 Å². The standard InChI is InChI=1S/C17H16Cl2N2O3/c18-12-6-7-14(15(19)10-12)11(9-17(23)21-24)8-16(22)20-13-4-2-1-3-5-13/h1-7,10-11,24H,8-9H2,(H,20,22)(H,21,23). The highest BCUT2D eigenvalue weighted by atomic mass is 35.5. The van der Waals surface area contributed by atoms with E-state index >= 15 is 0 Å². The molecule has 0 bridgehead atoms. The summed E-state index contributed by atoms with van der Waals surface area (Å²) in [4.78, 5) is 23.8. The first-order chi connectivity index (χ1) is 11.5. The maximum atomic E-state index is 12.3. The van der Waals surface area contributed by atoms with E-state index in [4.69, 9.17) is 28.4 Å². The fourth-order valence-corrected chi connectivity index (χ4v) is 2.91. The quantitative estimate of drug-likeness (QED) is 0.533. The molecular weight excluding hydrogens is 351 g/mol. The number of hydroxylamine groups is 1. The molecule has 3 N–H and O–H groups in total. The monoisotopic (exact) mass is 366 g/mol. The van der Waals surface area contributed by atoms with Crippen molar-refractivity contribution >= 4 is 40.7 Å². The van der Waals surface area contributed by atoms with Gasteiger partial charge in [-0.15, -0.1) is 0 Å². The minimum absolute atomic E-state index is 0.0314. The van der Waals surface area contributed by atoms with Crippen molar-refractivity contribution in [1.29, 1.82) is 0 Å². The largest absolute Gasteiger partial charge is 0.326 e. The molecule has 2 amide bonds. The second-order valence-corrected chi connectivity index (χ2v) is 6.06. The van der Waals surface area contributed by atoms with E-state index in [-0.39, 0.29) is 18.7 Å². The molecule has 24 heavy (non-hydrogen) atoms. The number of halogens is 2. The molecule has 0 fully saturated rings. The lowest BCUT2D eigenvalue weighted by molar-refractivity contribution is -0.129. The van der Waals surface area contributed by atoms with Crippen LogP contribution in [0, 0.1) is 0 Å². The Balaban J connectivity index is 2.16. The van der Waals surface area contributed by atoms with Gasteiger partial charge in [0.15, 0.2) is 0 Å². The Morgan fingerprint density at radius 1 is 1.00 bits per heavy atom. The highest BCUT2D eigenvalue weighted by molar-refractivity contribution is 6.35. The van der Waals surface area contributed by atoms with Crippen molar-refractivity contribution in [2.24, 2.45) is 0 Å². The number of amides is 2. The summed E-state index contributed by atoms with van der Waals surface area (Å²) < 4.78 is 0. The van der Waals surface area contributed by atoms with Crippen LogP contribution >= 0.6 is 23.2 Å². The van der Waals surface area contributed by atoms with Crippen molar-refractivity contribution in [3.05, 3.63) is 64.1 Å². The number of carbonyl (C=O) groups excluding carboxylic acids is 2. The summed E-state index contributed by atoms with van der Waals surface area (Å²) in [6.45, 7) is 0. The fraction of sp³-hybridized carbons (Fsp3) is 0.176. The smallest absolute Gasteiger partial charge is 0.243 e. The van der Waals surface area contributed by atoms with Crippen molar-refractivity contribution in [3.63, 3.8) is 0 Å². The van der Waals surface area contributed by atoms with Crippen LogP contribution < -0.4 is 10.8 Å². The van der Waals surface area contributed by atoms with E-state index in [2.05, 4.69) is 5.32 Å². The normalized spacial score (nSPS) is 11.6. The van der Waals surface area contributed by atoms with Crippen LogP contribution in [0.25, 0.3) is 0 Å². The third-order valence-electron chi connectivity index (χ3n) is 3.45. The molecule has 2 aromatic carbocycles. The van der Waals surface area contributed by atoms with Crippen LogP contribution in [-0.4, -0.2) is 17.0 Å². The zero-order valence-electron chi connectivity index (χ0n) is 12.6. The molecule has 0 aliphatic rings. The summed E-state index contributed by atoms with van der Waals surface area (Å²) in [6, 6.07) is 13.9. The van der Waals surface area contributed by atoms with Gasteiger partial charge >= 0.3 is 0 Å². The molecule has 1 atom stereocenters. The molecule has 0 saturated carbocycles. The van der Waals surface area contributed by atoms with Crippen LogP contribution in [-0.2, 0) is 9.59 Å². The predicted molar refractivity (Wildman–Crippen MR) is 93.4 cm³/mol. The van der Waals surface area contributed by atoms with E-state index in [0.717, 1.165) is 0 Å². The van der Waals surface area contributed by atoms with Crippen LogP contribution in [0.5, 0.6) is 0 Å². The van der Waals surface area contributed by atoms with Crippen LogP contribution in [0.2, 0.25) is 10.0 Å². The SMILES string of the molecule is O=C(CC(CC(=O)Nc1ccccc1)c1ccc(Cl)cc1Cl)NO. The first kappa shape index (κ1) is 18.3. The number of nitrogens with one attached hydrogen (secondary N) is 2. The molecule has 126 valence electrons. The summed E-state index contributed by atoms with van der Waals surface area (Å²) in [5.41, 5.74) is 2.86. The minimum atomic E-state index is -0.599. The number of carbonyl (C=O) groups is 2. The molecule has 0 heterocycles.